The smallest absolute Gasteiger partial charge is 0.193 e. The van der Waals surface area contributed by atoms with E-state index in [0.29, 0.717) is 5.56 Å². The van der Waals surface area contributed by atoms with E-state index in [1.165, 1.54) is 16.7 Å². The summed E-state index contributed by atoms with van der Waals surface area (Å²) in [6.07, 6.45) is 0. The van der Waals surface area contributed by atoms with Gasteiger partial charge in [-0.05, 0) is 86.3 Å². The first-order valence-corrected chi connectivity index (χ1v) is 8.96. The summed E-state index contributed by atoms with van der Waals surface area (Å²) in [7, 11) is 0. The molecule has 0 aliphatic carbocycles. The average Bonchev–Trinajstić information content (AvgIpc) is 2.65. The first-order chi connectivity index (χ1) is 12.4. The van der Waals surface area contributed by atoms with Gasteiger partial charge in [0.25, 0.3) is 0 Å². The highest BCUT2D eigenvalue weighted by molar-refractivity contribution is 6.09. The van der Waals surface area contributed by atoms with E-state index in [1.54, 1.807) is 0 Å². The normalized spacial score (nSPS) is 10.6. The summed E-state index contributed by atoms with van der Waals surface area (Å²) in [6.45, 7) is 9.05. The number of carbonyl (C=O) groups excluding carboxylic acids is 1. The number of nitrogens with one attached hydrogen (secondary N) is 1. The van der Waals surface area contributed by atoms with Crippen molar-refractivity contribution >= 4 is 11.5 Å². The minimum absolute atomic E-state index is 0.0706. The number of carbonyl (C=O) groups is 1. The Hall–Kier alpha value is -2.87. The van der Waals surface area contributed by atoms with Crippen LogP contribution in [0.2, 0.25) is 0 Å². The Balaban J connectivity index is 1.70. The fraction of sp³-hybridized carbons (Fsp3) is 0.208. The number of benzene rings is 3. The van der Waals surface area contributed by atoms with Gasteiger partial charge in [0.1, 0.15) is 0 Å². The van der Waals surface area contributed by atoms with E-state index in [9.17, 15) is 4.79 Å². The molecule has 0 fully saturated rings. The highest BCUT2D eigenvalue weighted by Gasteiger charge is 2.11. The standard InChI is InChI=1S/C24H25NO/c1-16-5-7-20(8-6-16)15-25-23-11-9-21(10-12-23)24(26)22-13-17(2)19(4)18(3)14-22/h5-14,25H,15H2,1-4H3. The van der Waals surface area contributed by atoms with Crippen LogP contribution >= 0.6 is 0 Å². The van der Waals surface area contributed by atoms with Crippen molar-refractivity contribution in [1.29, 1.82) is 0 Å². The molecule has 0 unspecified atom stereocenters. The van der Waals surface area contributed by atoms with E-state index < -0.39 is 0 Å². The molecule has 2 nitrogen and oxygen atoms in total. The molecule has 0 aliphatic rings. The van der Waals surface area contributed by atoms with Crippen LogP contribution in [-0.4, -0.2) is 5.78 Å². The topological polar surface area (TPSA) is 29.1 Å². The van der Waals surface area contributed by atoms with Crippen molar-refractivity contribution in [3.8, 4) is 0 Å². The number of hydrogen-bond donors (Lipinski definition) is 1. The predicted molar refractivity (Wildman–Crippen MR) is 109 cm³/mol. The molecule has 3 aromatic carbocycles. The van der Waals surface area contributed by atoms with Gasteiger partial charge in [-0.1, -0.05) is 29.8 Å². The van der Waals surface area contributed by atoms with Crippen LogP contribution in [0.3, 0.4) is 0 Å². The fourth-order valence-electron chi connectivity index (χ4n) is 2.98. The van der Waals surface area contributed by atoms with Gasteiger partial charge < -0.3 is 5.32 Å². The van der Waals surface area contributed by atoms with Crippen LogP contribution < -0.4 is 5.32 Å². The SMILES string of the molecule is Cc1ccc(CNc2ccc(C(=O)c3cc(C)c(C)c(C)c3)cc2)cc1. The maximum atomic E-state index is 12.8. The summed E-state index contributed by atoms with van der Waals surface area (Å²) < 4.78 is 0. The Bertz CT molecular complexity index is 898. The average molecular weight is 343 g/mol. The molecule has 26 heavy (non-hydrogen) atoms. The molecule has 0 saturated carbocycles. The van der Waals surface area contributed by atoms with Gasteiger partial charge in [-0.15, -0.1) is 0 Å². The zero-order chi connectivity index (χ0) is 18.7. The lowest BCUT2D eigenvalue weighted by Gasteiger charge is -2.10. The van der Waals surface area contributed by atoms with Crippen molar-refractivity contribution in [2.75, 3.05) is 5.32 Å². The first-order valence-electron chi connectivity index (χ1n) is 8.96. The third-order valence-corrected chi connectivity index (χ3v) is 4.95. The van der Waals surface area contributed by atoms with E-state index in [2.05, 4.69) is 57.3 Å². The van der Waals surface area contributed by atoms with Crippen LogP contribution in [0.1, 0.15) is 43.7 Å². The zero-order valence-electron chi connectivity index (χ0n) is 15.9. The molecule has 0 aromatic heterocycles. The number of rotatable bonds is 5. The summed E-state index contributed by atoms with van der Waals surface area (Å²) in [4.78, 5) is 12.8. The highest BCUT2D eigenvalue weighted by atomic mass is 16.1. The molecule has 1 N–H and O–H groups in total. The van der Waals surface area contributed by atoms with E-state index in [1.807, 2.05) is 36.4 Å². The third kappa shape index (κ3) is 4.02. The molecular weight excluding hydrogens is 318 g/mol. The van der Waals surface area contributed by atoms with Gasteiger partial charge in [0.15, 0.2) is 5.78 Å². The van der Waals surface area contributed by atoms with Gasteiger partial charge >= 0.3 is 0 Å². The third-order valence-electron chi connectivity index (χ3n) is 4.95. The number of ketones is 1. The van der Waals surface area contributed by atoms with E-state index in [4.69, 9.17) is 0 Å². The van der Waals surface area contributed by atoms with Crippen LogP contribution in [0, 0.1) is 27.7 Å². The van der Waals surface area contributed by atoms with Crippen LogP contribution in [0.5, 0.6) is 0 Å². The molecule has 0 aliphatic heterocycles. The van der Waals surface area contributed by atoms with Crippen molar-refractivity contribution in [2.45, 2.75) is 34.2 Å². The molecule has 0 amide bonds. The van der Waals surface area contributed by atoms with Gasteiger partial charge in [0.05, 0.1) is 0 Å². The van der Waals surface area contributed by atoms with Crippen LogP contribution in [0.25, 0.3) is 0 Å². The maximum absolute atomic E-state index is 12.8. The quantitative estimate of drug-likeness (QED) is 0.596. The Labute approximate surface area is 155 Å². The molecule has 3 aromatic rings. The lowest BCUT2D eigenvalue weighted by atomic mass is 9.96. The molecule has 3 rings (SSSR count). The number of anilines is 1. The van der Waals surface area contributed by atoms with Crippen LogP contribution in [0.15, 0.2) is 60.7 Å². The number of aryl methyl sites for hydroxylation is 3. The second kappa shape index (κ2) is 7.57. The minimum atomic E-state index is 0.0706. The summed E-state index contributed by atoms with van der Waals surface area (Å²) >= 11 is 0. The van der Waals surface area contributed by atoms with Crippen molar-refractivity contribution in [3.63, 3.8) is 0 Å². The van der Waals surface area contributed by atoms with Gasteiger partial charge in [-0.2, -0.15) is 0 Å². The second-order valence-corrected chi connectivity index (χ2v) is 6.98. The van der Waals surface area contributed by atoms with E-state index in [0.717, 1.165) is 28.9 Å². The second-order valence-electron chi connectivity index (χ2n) is 6.98. The Morgan fingerprint density at radius 3 is 1.92 bits per heavy atom. The Morgan fingerprint density at radius 2 is 1.35 bits per heavy atom. The molecule has 2 heteroatoms. The summed E-state index contributed by atoms with van der Waals surface area (Å²) in [6, 6.07) is 20.2. The zero-order valence-corrected chi connectivity index (χ0v) is 15.9. The van der Waals surface area contributed by atoms with Crippen LogP contribution in [-0.2, 0) is 6.54 Å². The lowest BCUT2D eigenvalue weighted by Crippen LogP contribution is -2.04. The number of hydrogen-bond acceptors (Lipinski definition) is 2. The summed E-state index contributed by atoms with van der Waals surface area (Å²) in [5, 5.41) is 3.40. The summed E-state index contributed by atoms with van der Waals surface area (Å²) in [5.41, 5.74) is 8.55. The molecule has 0 radical (unpaired) electrons. The minimum Gasteiger partial charge on any atom is -0.381 e. The van der Waals surface area contributed by atoms with Gasteiger partial charge in [0.2, 0.25) is 0 Å². The molecule has 0 saturated heterocycles. The molecule has 0 atom stereocenters. The molecule has 0 spiro atoms. The lowest BCUT2D eigenvalue weighted by molar-refractivity contribution is 0.103. The highest BCUT2D eigenvalue weighted by Crippen LogP contribution is 2.19. The van der Waals surface area contributed by atoms with E-state index >= 15 is 0 Å². The Kier molecular flexibility index (Phi) is 5.22. The largest absolute Gasteiger partial charge is 0.381 e. The van der Waals surface area contributed by atoms with Crippen molar-refractivity contribution in [3.05, 3.63) is 99.6 Å². The molecule has 0 bridgehead atoms. The van der Waals surface area contributed by atoms with Gasteiger partial charge in [0, 0.05) is 23.4 Å². The van der Waals surface area contributed by atoms with Crippen molar-refractivity contribution in [1.82, 2.24) is 0 Å². The van der Waals surface area contributed by atoms with Crippen molar-refractivity contribution < 1.29 is 4.79 Å². The monoisotopic (exact) mass is 343 g/mol. The first kappa shape index (κ1) is 17.9. The Morgan fingerprint density at radius 1 is 0.769 bits per heavy atom. The summed E-state index contributed by atoms with van der Waals surface area (Å²) in [5.74, 6) is 0.0706. The van der Waals surface area contributed by atoms with Crippen molar-refractivity contribution in [2.24, 2.45) is 0 Å². The van der Waals surface area contributed by atoms with Gasteiger partial charge in [-0.25, -0.2) is 0 Å². The van der Waals surface area contributed by atoms with E-state index in [-0.39, 0.29) is 5.78 Å². The molecule has 132 valence electrons. The molecule has 0 heterocycles. The molecular formula is C24H25NO. The predicted octanol–water partition coefficient (Wildman–Crippen LogP) is 5.76. The maximum Gasteiger partial charge on any atom is 0.193 e. The van der Waals surface area contributed by atoms with Crippen LogP contribution in [0.4, 0.5) is 5.69 Å². The fourth-order valence-corrected chi connectivity index (χ4v) is 2.98. The van der Waals surface area contributed by atoms with Gasteiger partial charge in [-0.3, -0.25) is 4.79 Å².